The molecule has 1 saturated carbocycles. The van der Waals surface area contributed by atoms with Gasteiger partial charge in [0.25, 0.3) is 0 Å². The molecule has 1 atom stereocenters. The quantitative estimate of drug-likeness (QED) is 0.366. The third-order valence-electron chi connectivity index (χ3n) is 7.26. The van der Waals surface area contributed by atoms with Crippen molar-refractivity contribution in [3.05, 3.63) is 93.2 Å². The molecule has 33 heavy (non-hydrogen) atoms. The predicted octanol–water partition coefficient (Wildman–Crippen LogP) is 0.856. The molecular weight excluding hydrogens is 526 g/mol. The van der Waals surface area contributed by atoms with Gasteiger partial charge in [-0.15, -0.1) is 0 Å². The fraction of sp³-hybridized carbons (Fsp3) is 0.276. The van der Waals surface area contributed by atoms with Gasteiger partial charge in [0, 0.05) is 0 Å². The molecule has 1 aromatic heterocycles. The molecule has 0 amide bonds. The van der Waals surface area contributed by atoms with Gasteiger partial charge in [-0.1, -0.05) is 0 Å². The van der Waals surface area contributed by atoms with Crippen LogP contribution >= 0.6 is 0 Å². The molecule has 0 radical (unpaired) electrons. The molecule has 0 spiro atoms. The van der Waals surface area contributed by atoms with Crippen molar-refractivity contribution < 1.29 is 50.5 Å². The van der Waals surface area contributed by atoms with Crippen molar-refractivity contribution in [2.75, 3.05) is 0 Å². The van der Waals surface area contributed by atoms with E-state index < -0.39 is 21.3 Å². The summed E-state index contributed by atoms with van der Waals surface area (Å²) >= 11 is -2.18. The number of hydrogen-bond donors (Lipinski definition) is 0. The largest absolute Gasteiger partial charge is 1.00 e. The van der Waals surface area contributed by atoms with Crippen LogP contribution in [0.25, 0.3) is 16.7 Å². The number of benzene rings is 2. The summed E-state index contributed by atoms with van der Waals surface area (Å²) in [6.45, 7) is 2.41. The Morgan fingerprint density at radius 2 is 1.64 bits per heavy atom. The van der Waals surface area contributed by atoms with E-state index in [0.717, 1.165) is 12.2 Å². The minimum absolute atomic E-state index is 0. The molecule has 3 aromatic rings. The number of allylic oxidation sites excluding steroid dienone is 4. The third-order valence-corrected chi connectivity index (χ3v) is 15.6. The Morgan fingerprint density at radius 3 is 2.42 bits per heavy atom. The molecule has 2 aromatic carbocycles. The van der Waals surface area contributed by atoms with Crippen molar-refractivity contribution in [2.45, 2.75) is 45.4 Å². The van der Waals surface area contributed by atoms with E-state index in [9.17, 15) is 0 Å². The standard InChI is InChI=1S/C13H9.C10H9O.C6H10.2ClH.Zr/c1-3-7-12-10(5-1)9-11-6-2-4-8-13(11)12;1-8-4-5-9(7-8)10-3-2-6-11-10;1-2-4-6-5-3-1;;;/h1-5,7-8H,9H2;2-3,5-8H,1H3;1-5H2;2*1H;/q;;;;;+2/p-2. The minimum Gasteiger partial charge on any atom is -1.00 e. The van der Waals surface area contributed by atoms with Crippen LogP contribution in [0.2, 0.25) is 0 Å². The Labute approximate surface area is 217 Å². The van der Waals surface area contributed by atoms with Crippen molar-refractivity contribution in [3.8, 4) is 11.1 Å². The van der Waals surface area contributed by atoms with E-state index in [1.807, 2.05) is 9.27 Å². The average Bonchev–Trinajstić information content (AvgIpc) is 3.54. The van der Waals surface area contributed by atoms with Crippen LogP contribution in [0, 0.1) is 5.92 Å². The molecule has 168 valence electrons. The maximum atomic E-state index is 5.76. The molecule has 1 nitrogen and oxygen atoms in total. The van der Waals surface area contributed by atoms with Crippen LogP contribution < -0.4 is 28.1 Å². The summed E-state index contributed by atoms with van der Waals surface area (Å²) < 4.78 is 11.2. The Balaban J connectivity index is 0.00000130. The van der Waals surface area contributed by atoms with Crippen LogP contribution in [-0.4, -0.2) is 3.21 Å². The molecule has 0 N–H and O–H groups in total. The Bertz CT molecular complexity index is 1240. The number of halogens is 2. The molecule has 1 unspecified atom stereocenters. The molecule has 0 aliphatic heterocycles. The fourth-order valence-electron chi connectivity index (χ4n) is 5.77. The van der Waals surface area contributed by atoms with Gasteiger partial charge < -0.3 is 24.8 Å². The van der Waals surface area contributed by atoms with E-state index in [0.29, 0.717) is 5.92 Å². The van der Waals surface area contributed by atoms with E-state index in [1.165, 1.54) is 54.4 Å². The van der Waals surface area contributed by atoms with E-state index in [1.54, 1.807) is 18.4 Å². The number of fused-ring (bicyclic) bond motifs is 3. The van der Waals surface area contributed by atoms with E-state index in [-0.39, 0.29) is 24.8 Å². The zero-order valence-corrected chi connectivity index (χ0v) is 22.9. The molecule has 0 bridgehead atoms. The predicted molar refractivity (Wildman–Crippen MR) is 126 cm³/mol. The van der Waals surface area contributed by atoms with Crippen molar-refractivity contribution in [2.24, 2.45) is 5.92 Å². The van der Waals surface area contributed by atoms with Crippen LogP contribution in [0.4, 0.5) is 0 Å². The zero-order valence-electron chi connectivity index (χ0n) is 18.9. The number of furan rings is 1. The Hall–Kier alpha value is -1.47. The summed E-state index contributed by atoms with van der Waals surface area (Å²) in [7, 11) is 0. The van der Waals surface area contributed by atoms with Crippen LogP contribution in [0.5, 0.6) is 0 Å². The number of hydrogen-bond acceptors (Lipinski definition) is 1. The second kappa shape index (κ2) is 10.4. The van der Waals surface area contributed by atoms with Crippen LogP contribution in [-0.2, 0) is 27.7 Å². The van der Waals surface area contributed by atoms with Gasteiger partial charge in [0.05, 0.1) is 0 Å². The summed E-state index contributed by atoms with van der Waals surface area (Å²) in [5, 5.41) is 0. The van der Waals surface area contributed by atoms with Gasteiger partial charge in [-0.2, -0.15) is 0 Å². The number of rotatable bonds is 3. The van der Waals surface area contributed by atoms with Gasteiger partial charge in [0.2, 0.25) is 0 Å². The first-order valence-electron chi connectivity index (χ1n) is 11.7. The van der Waals surface area contributed by atoms with Gasteiger partial charge in [-0.3, -0.25) is 0 Å². The minimum atomic E-state index is -2.18. The molecular formula is C29H28Cl2OZr. The summed E-state index contributed by atoms with van der Waals surface area (Å²) in [5.41, 5.74) is 7.38. The summed E-state index contributed by atoms with van der Waals surface area (Å²) in [4.78, 5) is 0. The molecule has 1 heterocycles. The first-order valence-corrected chi connectivity index (χ1v) is 15.4. The van der Waals surface area contributed by atoms with E-state index >= 15 is 0 Å². The van der Waals surface area contributed by atoms with Crippen LogP contribution in [0.1, 0.15) is 55.9 Å². The second-order valence-electron chi connectivity index (χ2n) is 9.19. The van der Waals surface area contributed by atoms with Gasteiger partial charge in [-0.25, -0.2) is 0 Å². The molecule has 3 aliphatic rings. The molecule has 4 heteroatoms. The second-order valence-corrected chi connectivity index (χ2v) is 15.5. The Kier molecular flexibility index (Phi) is 7.79. The molecule has 1 fully saturated rings. The Morgan fingerprint density at radius 1 is 0.848 bits per heavy atom. The summed E-state index contributed by atoms with van der Waals surface area (Å²) in [6.07, 6.45) is 14.7. The van der Waals surface area contributed by atoms with Crippen molar-refractivity contribution in [1.29, 1.82) is 0 Å². The van der Waals surface area contributed by atoms with Gasteiger partial charge in [-0.05, 0) is 0 Å². The van der Waals surface area contributed by atoms with Crippen molar-refractivity contribution >= 4 is 12.1 Å². The molecule has 0 saturated heterocycles. The topological polar surface area (TPSA) is 13.1 Å². The van der Waals surface area contributed by atoms with Crippen LogP contribution in [0.3, 0.4) is 0 Å². The van der Waals surface area contributed by atoms with E-state index in [4.69, 9.17) is 4.42 Å². The zero-order chi connectivity index (χ0) is 20.8. The first kappa shape index (κ1) is 24.7. The van der Waals surface area contributed by atoms with Gasteiger partial charge >= 0.3 is 193 Å². The normalized spacial score (nSPS) is 18.2. The third kappa shape index (κ3) is 4.47. The van der Waals surface area contributed by atoms with Crippen LogP contribution in [0.15, 0.2) is 80.7 Å². The van der Waals surface area contributed by atoms with Gasteiger partial charge in [0.15, 0.2) is 0 Å². The van der Waals surface area contributed by atoms with E-state index in [2.05, 4.69) is 67.6 Å². The summed E-state index contributed by atoms with van der Waals surface area (Å²) in [5.74, 6) is 1.53. The average molecular weight is 555 g/mol. The molecule has 6 rings (SSSR count). The first-order chi connectivity index (χ1) is 15.3. The maximum absolute atomic E-state index is 5.76. The smallest absolute Gasteiger partial charge is 1.00 e. The summed E-state index contributed by atoms with van der Waals surface area (Å²) in [6, 6.07) is 20.3. The van der Waals surface area contributed by atoms with Crippen molar-refractivity contribution in [3.63, 3.8) is 0 Å². The van der Waals surface area contributed by atoms with Gasteiger partial charge in [0.1, 0.15) is 0 Å². The maximum Gasteiger partial charge on any atom is -1.00 e. The fourth-order valence-corrected chi connectivity index (χ4v) is 14.6. The SMILES string of the molecule is CC1C=C(c2ccco2)C=[C]1[Zr+2](=[C]1CCCCC1)[c]1cccc2c1Cc1ccccc1-2.[Cl-].[Cl-]. The van der Waals surface area contributed by atoms with Crippen molar-refractivity contribution in [1.82, 2.24) is 0 Å². The monoisotopic (exact) mass is 552 g/mol. The molecule has 3 aliphatic carbocycles.